The van der Waals surface area contributed by atoms with Crippen molar-refractivity contribution in [3.8, 4) is 28.8 Å². The van der Waals surface area contributed by atoms with Gasteiger partial charge in [-0.05, 0) is 93.3 Å². The predicted octanol–water partition coefficient (Wildman–Crippen LogP) is 10.5. The monoisotopic (exact) mass is 955 g/mol. The number of nitriles is 1. The fraction of sp³-hybridized carbons (Fsp3) is 0.491. The van der Waals surface area contributed by atoms with Gasteiger partial charge >= 0.3 is 0 Å². The summed E-state index contributed by atoms with van der Waals surface area (Å²) in [6, 6.07) is 26.7. The molecule has 0 bridgehead atoms. The summed E-state index contributed by atoms with van der Waals surface area (Å²) in [5.74, 6) is 3.03. The maximum atomic E-state index is 13.5. The van der Waals surface area contributed by atoms with Crippen LogP contribution in [-0.2, 0) is 9.47 Å². The number of ether oxygens (including phenoxy) is 4. The number of rotatable bonds is 19. The van der Waals surface area contributed by atoms with Crippen LogP contribution in [0.25, 0.3) is 22.3 Å². The number of hydrogen-bond acceptors (Lipinski definition) is 12. The van der Waals surface area contributed by atoms with E-state index in [2.05, 4.69) is 68.8 Å². The maximum absolute atomic E-state index is 13.5. The molecule has 5 aromatic rings. The molecule has 2 saturated heterocycles. The van der Waals surface area contributed by atoms with Gasteiger partial charge in [-0.1, -0.05) is 77.1 Å². The number of hydrogen-bond donors (Lipinski definition) is 1. The number of aromatic nitrogens is 3. The average Bonchev–Trinajstić information content (AvgIpc) is 3.35. The van der Waals surface area contributed by atoms with Gasteiger partial charge in [0.15, 0.2) is 11.4 Å². The van der Waals surface area contributed by atoms with E-state index in [9.17, 15) is 14.9 Å². The van der Waals surface area contributed by atoms with Crippen molar-refractivity contribution >= 4 is 46.1 Å². The van der Waals surface area contributed by atoms with Gasteiger partial charge < -0.3 is 34.1 Å². The second kappa shape index (κ2) is 21.9. The number of fused-ring (bicyclic) bond motifs is 1. The third-order valence-electron chi connectivity index (χ3n) is 14.4. The molecule has 4 heterocycles. The first-order chi connectivity index (χ1) is 33.2. The molecule has 69 heavy (non-hydrogen) atoms. The second-order valence-electron chi connectivity index (χ2n) is 20.1. The highest BCUT2D eigenvalue weighted by molar-refractivity contribution is 6.31. The molecule has 13 nitrogen and oxygen atoms in total. The molecule has 0 spiro atoms. The number of ketones is 1. The molecule has 1 saturated carbocycles. The first-order valence-electron chi connectivity index (χ1n) is 24.6. The molecule has 1 aliphatic carbocycles. The molecule has 1 amide bonds. The molecular weight excluding hydrogens is 890 g/mol. The van der Waals surface area contributed by atoms with E-state index in [4.69, 9.17) is 45.5 Å². The van der Waals surface area contributed by atoms with Crippen molar-refractivity contribution < 1.29 is 28.5 Å². The number of carbonyl (C=O) groups is 2. The minimum atomic E-state index is -0.244. The van der Waals surface area contributed by atoms with E-state index < -0.39 is 0 Å². The molecule has 364 valence electrons. The normalized spacial score (nSPS) is 20.7. The summed E-state index contributed by atoms with van der Waals surface area (Å²) in [5.41, 5.74) is 3.42. The Kier molecular flexibility index (Phi) is 15.7. The predicted molar refractivity (Wildman–Crippen MR) is 271 cm³/mol. The number of benzene rings is 3. The SMILES string of the molecule is C[C@@H]1COCCN1c1nc(N2CCOC[C@H]2C)c2ccc(-c3cccc(C(=O)NCCCCCCCCOc4ccc(C(=O)CC5C(C)(C)C(Oc6ccc(C#N)c(Cl)c6)C5(C)C)cc4)c3)nc2n1. The van der Waals surface area contributed by atoms with Crippen LogP contribution < -0.4 is 24.6 Å². The lowest BCUT2D eigenvalue weighted by Gasteiger charge is -2.63. The molecule has 0 unspecified atom stereocenters. The third-order valence-corrected chi connectivity index (χ3v) is 14.7. The third kappa shape index (κ3) is 11.3. The second-order valence-corrected chi connectivity index (χ2v) is 20.5. The Morgan fingerprint density at radius 2 is 1.48 bits per heavy atom. The molecule has 2 aliphatic heterocycles. The fourth-order valence-corrected chi connectivity index (χ4v) is 10.9. The summed E-state index contributed by atoms with van der Waals surface area (Å²) in [7, 11) is 0. The standard InChI is InChI=1S/C55H66ClN7O6/c1-36-34-66-28-25-62(36)50-44-22-23-46(59-49(44)60-53(61-50)63-26-29-67-35-37(63)2)39-14-13-15-40(30-39)51(65)58-24-11-9-7-8-10-12-27-68-42-19-16-38(17-20-42)47(64)32-48-54(3,4)52(55(48,5)6)69-43-21-18-41(33-57)45(56)31-43/h13-23,30-31,36-37,48,52H,7-12,24-29,32,34-35H2,1-6H3,(H,58,65)/t36-,37-,48?,52?/m1/s1. The van der Waals surface area contributed by atoms with Crippen molar-refractivity contribution in [3.05, 3.63) is 101 Å². The van der Waals surface area contributed by atoms with E-state index in [1.54, 1.807) is 18.2 Å². The van der Waals surface area contributed by atoms with Gasteiger partial charge in [0, 0.05) is 59.6 Å². The summed E-state index contributed by atoms with van der Waals surface area (Å²) >= 11 is 6.26. The zero-order chi connectivity index (χ0) is 48.7. The van der Waals surface area contributed by atoms with Gasteiger partial charge in [0.1, 0.15) is 29.5 Å². The number of halogens is 1. The minimum Gasteiger partial charge on any atom is -0.494 e. The summed E-state index contributed by atoms with van der Waals surface area (Å²) < 4.78 is 23.9. The lowest BCUT2D eigenvalue weighted by atomic mass is 9.44. The van der Waals surface area contributed by atoms with Crippen LogP contribution >= 0.6 is 11.6 Å². The van der Waals surface area contributed by atoms with Gasteiger partial charge in [-0.25, -0.2) is 4.98 Å². The quantitative estimate of drug-likeness (QED) is 0.0619. The smallest absolute Gasteiger partial charge is 0.251 e. The zero-order valence-corrected chi connectivity index (χ0v) is 41.7. The summed E-state index contributed by atoms with van der Waals surface area (Å²) in [5, 5.41) is 13.6. The molecule has 3 aliphatic rings. The van der Waals surface area contributed by atoms with E-state index in [1.807, 2.05) is 54.6 Å². The number of nitrogens with zero attached hydrogens (tertiary/aromatic N) is 6. The number of nitrogens with one attached hydrogen (secondary N) is 1. The van der Waals surface area contributed by atoms with Crippen LogP contribution in [0.1, 0.15) is 113 Å². The van der Waals surface area contributed by atoms with Crippen molar-refractivity contribution in [1.82, 2.24) is 20.3 Å². The first-order valence-corrected chi connectivity index (χ1v) is 25.0. The molecule has 2 aromatic heterocycles. The van der Waals surface area contributed by atoms with Gasteiger partial charge in [0.2, 0.25) is 5.95 Å². The number of carbonyl (C=O) groups excluding carboxylic acids is 2. The molecule has 0 radical (unpaired) electrons. The van der Waals surface area contributed by atoms with Gasteiger partial charge in [-0.15, -0.1) is 0 Å². The highest BCUT2D eigenvalue weighted by Crippen LogP contribution is 2.62. The number of pyridine rings is 1. The van der Waals surface area contributed by atoms with Crippen LogP contribution in [0.5, 0.6) is 11.5 Å². The average molecular weight is 957 g/mol. The molecule has 3 aromatic carbocycles. The lowest BCUT2D eigenvalue weighted by molar-refractivity contribution is -0.196. The molecular formula is C55H66ClN7O6. The van der Waals surface area contributed by atoms with Crippen LogP contribution in [0.15, 0.2) is 78.9 Å². The number of Topliss-reactive ketones (excluding diaryl/α,β-unsaturated/α-hetero) is 1. The Morgan fingerprint density at radius 3 is 2.17 bits per heavy atom. The van der Waals surface area contributed by atoms with E-state index >= 15 is 0 Å². The van der Waals surface area contributed by atoms with E-state index in [0.717, 1.165) is 73.3 Å². The minimum absolute atomic E-state index is 0.0973. The van der Waals surface area contributed by atoms with Gasteiger partial charge in [0.25, 0.3) is 5.91 Å². The molecule has 1 N–H and O–H groups in total. The summed E-state index contributed by atoms with van der Waals surface area (Å²) in [6.07, 6.45) is 6.42. The Balaban J connectivity index is 0.743. The van der Waals surface area contributed by atoms with Crippen LogP contribution in [0.3, 0.4) is 0 Å². The van der Waals surface area contributed by atoms with E-state index in [1.165, 1.54) is 0 Å². The molecule has 3 fully saturated rings. The van der Waals surface area contributed by atoms with Gasteiger partial charge in [0.05, 0.1) is 66.8 Å². The van der Waals surface area contributed by atoms with Gasteiger partial charge in [-0.3, -0.25) is 9.59 Å². The van der Waals surface area contributed by atoms with Crippen molar-refractivity contribution in [3.63, 3.8) is 0 Å². The lowest BCUT2D eigenvalue weighted by Crippen LogP contribution is -2.66. The maximum Gasteiger partial charge on any atom is 0.251 e. The number of anilines is 2. The highest BCUT2D eigenvalue weighted by atomic mass is 35.5. The van der Waals surface area contributed by atoms with Crippen LogP contribution in [0.2, 0.25) is 5.02 Å². The Morgan fingerprint density at radius 1 is 0.797 bits per heavy atom. The molecule has 2 atom stereocenters. The number of morpholine rings is 2. The molecule has 14 heteroatoms. The van der Waals surface area contributed by atoms with Crippen molar-refractivity contribution in [2.75, 3.05) is 62.5 Å². The molecule has 8 rings (SSSR count). The summed E-state index contributed by atoms with van der Waals surface area (Å²) in [6.45, 7) is 18.1. The van der Waals surface area contributed by atoms with Crippen molar-refractivity contribution in [1.29, 1.82) is 5.26 Å². The highest BCUT2D eigenvalue weighted by Gasteiger charge is 2.63. The summed E-state index contributed by atoms with van der Waals surface area (Å²) in [4.78, 5) is 46.4. The van der Waals surface area contributed by atoms with Crippen molar-refractivity contribution in [2.24, 2.45) is 16.7 Å². The Labute approximate surface area is 411 Å². The Bertz CT molecular complexity index is 2640. The van der Waals surface area contributed by atoms with Crippen molar-refractivity contribution in [2.45, 2.75) is 105 Å². The van der Waals surface area contributed by atoms with E-state index in [0.29, 0.717) is 91.6 Å². The van der Waals surface area contributed by atoms with Crippen LogP contribution in [0.4, 0.5) is 11.8 Å². The van der Waals surface area contributed by atoms with Gasteiger partial charge in [-0.2, -0.15) is 15.2 Å². The largest absolute Gasteiger partial charge is 0.494 e. The first kappa shape index (κ1) is 49.6. The Hall–Kier alpha value is -5.81. The number of amides is 1. The van der Waals surface area contributed by atoms with Crippen LogP contribution in [0, 0.1) is 28.1 Å². The number of unbranched alkanes of at least 4 members (excludes halogenated alkanes) is 5. The fourth-order valence-electron chi connectivity index (χ4n) is 10.7. The van der Waals surface area contributed by atoms with E-state index in [-0.39, 0.29) is 46.6 Å². The zero-order valence-electron chi connectivity index (χ0n) is 40.9. The topological polar surface area (TPSA) is 152 Å². The van der Waals surface area contributed by atoms with Crippen LogP contribution in [-0.4, -0.2) is 97.5 Å².